The number of amides is 1. The maximum absolute atomic E-state index is 12.5. The number of benzene rings is 1. The highest BCUT2D eigenvalue weighted by atomic mass is 16.1. The minimum atomic E-state index is -0.486. The number of nitrogens with zero attached hydrogens (tertiary/aromatic N) is 3. The van der Waals surface area contributed by atoms with E-state index >= 15 is 0 Å². The Balaban J connectivity index is 1.47. The summed E-state index contributed by atoms with van der Waals surface area (Å²) in [6.45, 7) is 5.84. The molecule has 0 radical (unpaired) electrons. The Hall–Kier alpha value is -2.93. The van der Waals surface area contributed by atoms with E-state index in [1.165, 1.54) is 0 Å². The Morgan fingerprint density at radius 2 is 2.11 bits per heavy atom. The largest absolute Gasteiger partial charge is 0.354 e. The Kier molecular flexibility index (Phi) is 4.31. The highest BCUT2D eigenvalue weighted by Crippen LogP contribution is 2.30. The molecular weight excluding hydrogens is 340 g/mol. The van der Waals surface area contributed by atoms with Crippen molar-refractivity contribution in [2.75, 3.05) is 24.5 Å². The number of anilines is 1. The number of fused-ring (bicyclic) bond motifs is 1. The molecule has 1 fully saturated rings. The van der Waals surface area contributed by atoms with Crippen molar-refractivity contribution in [2.45, 2.75) is 25.8 Å². The fraction of sp³-hybridized carbons (Fsp3) is 0.350. The number of hydrogen-bond acceptors (Lipinski definition) is 5. The topological polar surface area (TPSA) is 99.9 Å². The smallest absolute Gasteiger partial charge is 0.251 e. The van der Waals surface area contributed by atoms with E-state index in [1.807, 2.05) is 44.3 Å². The van der Waals surface area contributed by atoms with Crippen molar-refractivity contribution >= 4 is 22.8 Å². The van der Waals surface area contributed by atoms with E-state index in [-0.39, 0.29) is 5.91 Å². The van der Waals surface area contributed by atoms with Crippen LogP contribution in [0.15, 0.2) is 36.8 Å². The molecule has 1 aliphatic rings. The first-order chi connectivity index (χ1) is 13.0. The van der Waals surface area contributed by atoms with E-state index in [1.54, 1.807) is 6.33 Å². The van der Waals surface area contributed by atoms with Crippen LogP contribution in [-0.2, 0) is 0 Å². The lowest BCUT2D eigenvalue weighted by molar-refractivity contribution is 0.0944. The molecule has 4 N–H and O–H groups in total. The minimum Gasteiger partial charge on any atom is -0.354 e. The maximum Gasteiger partial charge on any atom is 0.251 e. The van der Waals surface area contributed by atoms with Gasteiger partial charge in [0.15, 0.2) is 0 Å². The molecule has 27 heavy (non-hydrogen) atoms. The summed E-state index contributed by atoms with van der Waals surface area (Å²) < 4.78 is 0. The van der Waals surface area contributed by atoms with E-state index in [9.17, 15) is 4.79 Å². The molecule has 1 saturated heterocycles. The first-order valence-electron chi connectivity index (χ1n) is 9.13. The molecule has 0 bridgehead atoms. The van der Waals surface area contributed by atoms with Crippen LogP contribution in [0.2, 0.25) is 0 Å². The second-order valence-corrected chi connectivity index (χ2v) is 7.42. The van der Waals surface area contributed by atoms with Gasteiger partial charge < -0.3 is 20.9 Å². The van der Waals surface area contributed by atoms with E-state index in [2.05, 4.69) is 25.2 Å². The Morgan fingerprint density at radius 3 is 2.93 bits per heavy atom. The van der Waals surface area contributed by atoms with Gasteiger partial charge in [-0.15, -0.1) is 0 Å². The second kappa shape index (κ2) is 6.66. The standard InChI is InChI=1S/C20H24N6O/c1-13-5-3-4-6-15(13)19(27)23-10-20(21)7-8-26(11-20)18-16-14(2)9-22-17(16)24-12-25-18/h3-6,9,12H,7-8,10-11,21H2,1-2H3,(H,23,27)(H,22,24,25)/t20-/m0/s1. The third-order valence-electron chi connectivity index (χ3n) is 5.32. The van der Waals surface area contributed by atoms with Crippen molar-refractivity contribution in [1.29, 1.82) is 0 Å². The highest BCUT2D eigenvalue weighted by molar-refractivity contribution is 5.95. The molecule has 0 spiro atoms. The number of carbonyl (C=O) groups excluding carboxylic acids is 1. The molecule has 3 heterocycles. The van der Waals surface area contributed by atoms with Crippen molar-refractivity contribution in [1.82, 2.24) is 20.3 Å². The van der Waals surface area contributed by atoms with E-state index < -0.39 is 5.54 Å². The van der Waals surface area contributed by atoms with Crippen molar-refractivity contribution in [3.63, 3.8) is 0 Å². The molecule has 0 aliphatic carbocycles. The summed E-state index contributed by atoms with van der Waals surface area (Å²) in [5, 5.41) is 4.04. The molecule has 0 unspecified atom stereocenters. The predicted octanol–water partition coefficient (Wildman–Crippen LogP) is 1.91. The van der Waals surface area contributed by atoms with E-state index in [4.69, 9.17) is 5.73 Å². The number of aromatic nitrogens is 3. The molecule has 0 saturated carbocycles. The quantitative estimate of drug-likeness (QED) is 0.657. The van der Waals surface area contributed by atoms with Crippen molar-refractivity contribution < 1.29 is 4.79 Å². The normalized spacial score (nSPS) is 19.6. The molecule has 140 valence electrons. The molecule has 1 aliphatic heterocycles. The Morgan fingerprint density at radius 1 is 1.30 bits per heavy atom. The lowest BCUT2D eigenvalue weighted by Gasteiger charge is -2.26. The van der Waals surface area contributed by atoms with E-state index in [0.29, 0.717) is 18.7 Å². The van der Waals surface area contributed by atoms with Gasteiger partial charge in [-0.25, -0.2) is 9.97 Å². The van der Waals surface area contributed by atoms with Gasteiger partial charge in [0.25, 0.3) is 5.91 Å². The Labute approximate surface area is 158 Å². The van der Waals surface area contributed by atoms with Crippen molar-refractivity contribution in [3.05, 3.63) is 53.5 Å². The summed E-state index contributed by atoms with van der Waals surface area (Å²) in [4.78, 5) is 26.6. The number of carbonyl (C=O) groups is 1. The second-order valence-electron chi connectivity index (χ2n) is 7.42. The first kappa shape index (κ1) is 17.5. The van der Waals surface area contributed by atoms with Crippen LogP contribution in [0.5, 0.6) is 0 Å². The SMILES string of the molecule is Cc1ccccc1C(=O)NC[C@@]1(N)CCN(c2ncnc3[nH]cc(C)c23)C1. The molecular formula is C20H24N6O. The van der Waals surface area contributed by atoms with Gasteiger partial charge >= 0.3 is 0 Å². The highest BCUT2D eigenvalue weighted by Gasteiger charge is 2.36. The van der Waals surface area contributed by atoms with Gasteiger partial charge in [0.1, 0.15) is 17.8 Å². The van der Waals surface area contributed by atoms with Crippen LogP contribution in [0.25, 0.3) is 11.0 Å². The fourth-order valence-corrected chi connectivity index (χ4v) is 3.74. The van der Waals surface area contributed by atoms with E-state index in [0.717, 1.165) is 40.9 Å². The number of nitrogens with one attached hydrogen (secondary N) is 2. The summed E-state index contributed by atoms with van der Waals surface area (Å²) >= 11 is 0. The van der Waals surface area contributed by atoms with Crippen molar-refractivity contribution in [2.24, 2.45) is 5.73 Å². The number of hydrogen-bond donors (Lipinski definition) is 3. The summed E-state index contributed by atoms with van der Waals surface area (Å²) in [5.41, 5.74) is 9.71. The number of H-pyrrole nitrogens is 1. The zero-order valence-electron chi connectivity index (χ0n) is 15.6. The maximum atomic E-state index is 12.5. The van der Waals surface area contributed by atoms with Crippen LogP contribution >= 0.6 is 0 Å². The Bertz CT molecular complexity index is 997. The van der Waals surface area contributed by atoms with Gasteiger partial charge in [0.05, 0.1) is 10.9 Å². The van der Waals surface area contributed by atoms with Crippen LogP contribution in [0.3, 0.4) is 0 Å². The van der Waals surface area contributed by atoms with Gasteiger partial charge in [-0.3, -0.25) is 4.79 Å². The summed E-state index contributed by atoms with van der Waals surface area (Å²) in [7, 11) is 0. The van der Waals surface area contributed by atoms with Gasteiger partial charge in [0.2, 0.25) is 0 Å². The van der Waals surface area contributed by atoms with Crippen LogP contribution < -0.4 is 16.0 Å². The molecule has 1 amide bonds. The summed E-state index contributed by atoms with van der Waals surface area (Å²) in [5.74, 6) is 0.818. The molecule has 1 aromatic carbocycles. The minimum absolute atomic E-state index is 0.0812. The predicted molar refractivity (Wildman–Crippen MR) is 106 cm³/mol. The molecule has 7 nitrogen and oxygen atoms in total. The average Bonchev–Trinajstić information content (AvgIpc) is 3.24. The van der Waals surface area contributed by atoms with Gasteiger partial charge in [-0.1, -0.05) is 18.2 Å². The molecule has 7 heteroatoms. The molecule has 2 aromatic heterocycles. The zero-order valence-corrected chi connectivity index (χ0v) is 15.6. The molecule has 1 atom stereocenters. The summed E-state index contributed by atoms with van der Waals surface area (Å²) in [6, 6.07) is 7.57. The molecule has 4 rings (SSSR count). The monoisotopic (exact) mass is 364 g/mol. The van der Waals surface area contributed by atoms with Gasteiger partial charge in [0, 0.05) is 31.4 Å². The van der Waals surface area contributed by atoms with Gasteiger partial charge in [-0.2, -0.15) is 0 Å². The van der Waals surface area contributed by atoms with Gasteiger partial charge in [-0.05, 0) is 37.5 Å². The zero-order chi connectivity index (χ0) is 19.0. The fourth-order valence-electron chi connectivity index (χ4n) is 3.74. The van der Waals surface area contributed by atoms with Crippen LogP contribution in [0.1, 0.15) is 27.9 Å². The lowest BCUT2D eigenvalue weighted by atomic mass is 10.00. The van der Waals surface area contributed by atoms with Crippen LogP contribution in [-0.4, -0.2) is 46.0 Å². The third-order valence-corrected chi connectivity index (χ3v) is 5.32. The summed E-state index contributed by atoms with van der Waals surface area (Å²) in [6.07, 6.45) is 4.30. The first-order valence-corrected chi connectivity index (χ1v) is 9.13. The third kappa shape index (κ3) is 3.26. The lowest BCUT2D eigenvalue weighted by Crippen LogP contribution is -2.52. The average molecular weight is 364 g/mol. The van der Waals surface area contributed by atoms with Crippen LogP contribution in [0.4, 0.5) is 5.82 Å². The number of aryl methyl sites for hydroxylation is 2. The van der Waals surface area contributed by atoms with Crippen LogP contribution in [0, 0.1) is 13.8 Å². The van der Waals surface area contributed by atoms with Crippen molar-refractivity contribution in [3.8, 4) is 0 Å². The number of aromatic amines is 1. The molecule has 3 aromatic rings. The number of nitrogens with two attached hydrogens (primary N) is 1. The number of rotatable bonds is 4.